The topological polar surface area (TPSA) is 75.6 Å². The molecule has 3 rings (SSSR count). The maximum Gasteiger partial charge on any atom is 0.142 e. The first-order valence-electron chi connectivity index (χ1n) is 6.16. The van der Waals surface area contributed by atoms with Crippen LogP contribution in [-0.4, -0.2) is 9.97 Å². The van der Waals surface area contributed by atoms with Gasteiger partial charge in [-0.15, -0.1) is 11.3 Å². The predicted octanol–water partition coefficient (Wildman–Crippen LogP) is 2.88. The lowest BCUT2D eigenvalue weighted by molar-refractivity contribution is 0.510. The molecule has 96 valence electrons. The Hall–Kier alpha value is -1.93. The molecule has 0 spiro atoms. The molecule has 0 aromatic carbocycles. The van der Waals surface area contributed by atoms with Gasteiger partial charge in [-0.05, 0) is 18.4 Å². The number of rotatable bonds is 1. The van der Waals surface area contributed by atoms with E-state index in [2.05, 4.69) is 29.9 Å². The average Bonchev–Trinajstić information content (AvgIpc) is 2.97. The van der Waals surface area contributed by atoms with E-state index in [9.17, 15) is 5.26 Å². The summed E-state index contributed by atoms with van der Waals surface area (Å²) >= 11 is 1.52. The highest BCUT2D eigenvalue weighted by Crippen LogP contribution is 2.43. The minimum atomic E-state index is 0.0161. The molecule has 0 amide bonds. The van der Waals surface area contributed by atoms with Crippen molar-refractivity contribution in [2.45, 2.75) is 32.1 Å². The zero-order valence-corrected chi connectivity index (χ0v) is 11.7. The highest BCUT2D eigenvalue weighted by Gasteiger charge is 2.35. The number of nitrogens with two attached hydrogens (primary N) is 1. The lowest BCUT2D eigenvalue weighted by Gasteiger charge is -2.19. The van der Waals surface area contributed by atoms with Crippen molar-refractivity contribution in [2.75, 3.05) is 5.73 Å². The van der Waals surface area contributed by atoms with Gasteiger partial charge in [-0.3, -0.25) is 0 Å². The molecular formula is C14H14N4S. The van der Waals surface area contributed by atoms with Crippen LogP contribution < -0.4 is 5.73 Å². The largest absolute Gasteiger partial charge is 0.383 e. The highest BCUT2D eigenvalue weighted by atomic mass is 32.1. The molecule has 2 aromatic rings. The Labute approximate surface area is 115 Å². The van der Waals surface area contributed by atoms with Crippen LogP contribution in [-0.2, 0) is 11.8 Å². The summed E-state index contributed by atoms with van der Waals surface area (Å²) in [6.07, 6.45) is 1.96. The highest BCUT2D eigenvalue weighted by molar-refractivity contribution is 7.07. The molecule has 1 aliphatic carbocycles. The van der Waals surface area contributed by atoms with Gasteiger partial charge in [-0.2, -0.15) is 5.26 Å². The van der Waals surface area contributed by atoms with Crippen molar-refractivity contribution < 1.29 is 0 Å². The SMILES string of the molecule is CC1(C)CCc2c1nc(N)c(C#N)c2-c1cscn1. The van der Waals surface area contributed by atoms with E-state index in [4.69, 9.17) is 5.73 Å². The number of anilines is 1. The average molecular weight is 270 g/mol. The fourth-order valence-corrected chi connectivity index (χ4v) is 3.28. The molecule has 0 bridgehead atoms. The van der Waals surface area contributed by atoms with Crippen molar-refractivity contribution in [3.05, 3.63) is 27.7 Å². The van der Waals surface area contributed by atoms with Gasteiger partial charge in [0.2, 0.25) is 0 Å². The fourth-order valence-electron chi connectivity index (χ4n) is 2.73. The Morgan fingerprint density at radius 2 is 2.26 bits per heavy atom. The monoisotopic (exact) mass is 270 g/mol. The predicted molar refractivity (Wildman–Crippen MR) is 75.8 cm³/mol. The van der Waals surface area contributed by atoms with Crippen molar-refractivity contribution in [3.63, 3.8) is 0 Å². The van der Waals surface area contributed by atoms with E-state index in [0.717, 1.165) is 35.4 Å². The maximum atomic E-state index is 9.37. The van der Waals surface area contributed by atoms with Crippen LogP contribution >= 0.6 is 11.3 Å². The third-order valence-corrected chi connectivity index (χ3v) is 4.35. The molecule has 0 fully saturated rings. The third-order valence-electron chi connectivity index (χ3n) is 3.77. The molecule has 19 heavy (non-hydrogen) atoms. The molecule has 0 unspecified atom stereocenters. The lowest BCUT2D eigenvalue weighted by atomic mass is 9.89. The molecule has 2 aromatic heterocycles. The Kier molecular flexibility index (Phi) is 2.58. The van der Waals surface area contributed by atoms with Crippen molar-refractivity contribution in [2.24, 2.45) is 0 Å². The van der Waals surface area contributed by atoms with Crippen LogP contribution in [0, 0.1) is 11.3 Å². The lowest BCUT2D eigenvalue weighted by Crippen LogP contribution is -2.16. The molecule has 0 aliphatic heterocycles. The second-order valence-corrected chi connectivity index (χ2v) is 6.16. The molecule has 1 aliphatic rings. The van der Waals surface area contributed by atoms with E-state index < -0.39 is 0 Å². The van der Waals surface area contributed by atoms with E-state index in [0.29, 0.717) is 11.4 Å². The number of nitrogens with zero attached hydrogens (tertiary/aromatic N) is 3. The number of hydrogen-bond donors (Lipinski definition) is 1. The first-order chi connectivity index (χ1) is 9.04. The van der Waals surface area contributed by atoms with Gasteiger partial charge in [-0.1, -0.05) is 13.8 Å². The summed E-state index contributed by atoms with van der Waals surface area (Å²) < 4.78 is 0. The summed E-state index contributed by atoms with van der Waals surface area (Å²) in [6.45, 7) is 4.34. The van der Waals surface area contributed by atoms with Crippen LogP contribution in [0.4, 0.5) is 5.82 Å². The van der Waals surface area contributed by atoms with Gasteiger partial charge in [0.1, 0.15) is 17.5 Å². The quantitative estimate of drug-likeness (QED) is 0.864. The van der Waals surface area contributed by atoms with E-state index >= 15 is 0 Å². The van der Waals surface area contributed by atoms with Gasteiger partial charge >= 0.3 is 0 Å². The summed E-state index contributed by atoms with van der Waals surface area (Å²) in [6, 6.07) is 2.19. The minimum absolute atomic E-state index is 0.0161. The Morgan fingerprint density at radius 3 is 2.89 bits per heavy atom. The Morgan fingerprint density at radius 1 is 1.47 bits per heavy atom. The van der Waals surface area contributed by atoms with Crippen molar-refractivity contribution in [1.82, 2.24) is 9.97 Å². The molecule has 0 radical (unpaired) electrons. The van der Waals surface area contributed by atoms with Gasteiger partial charge in [0.25, 0.3) is 0 Å². The number of pyridine rings is 1. The molecule has 0 atom stereocenters. The van der Waals surface area contributed by atoms with Crippen LogP contribution in [0.3, 0.4) is 0 Å². The van der Waals surface area contributed by atoms with Crippen LogP contribution in [0.1, 0.15) is 37.1 Å². The molecule has 5 heteroatoms. The standard InChI is InChI=1S/C14H14N4S/c1-14(2)4-3-8-11(10-6-19-7-17-10)9(5-15)13(16)18-12(8)14/h6-7H,3-4H2,1-2H3,(H2,16,18). The zero-order valence-electron chi connectivity index (χ0n) is 10.9. The third kappa shape index (κ3) is 1.71. The first-order valence-corrected chi connectivity index (χ1v) is 7.10. The van der Waals surface area contributed by atoms with Crippen LogP contribution in [0.15, 0.2) is 10.9 Å². The zero-order chi connectivity index (χ0) is 13.6. The van der Waals surface area contributed by atoms with Gasteiger partial charge in [-0.25, -0.2) is 9.97 Å². The molecule has 4 nitrogen and oxygen atoms in total. The van der Waals surface area contributed by atoms with Crippen molar-refractivity contribution >= 4 is 17.2 Å². The Balaban J connectivity index is 2.37. The van der Waals surface area contributed by atoms with Crippen molar-refractivity contribution in [3.8, 4) is 17.3 Å². The van der Waals surface area contributed by atoms with Crippen LogP contribution in [0.25, 0.3) is 11.3 Å². The van der Waals surface area contributed by atoms with E-state index in [1.165, 1.54) is 11.3 Å². The van der Waals surface area contributed by atoms with Gasteiger partial charge in [0.05, 0.1) is 16.9 Å². The minimum Gasteiger partial charge on any atom is -0.383 e. The van der Waals surface area contributed by atoms with E-state index in [1.807, 2.05) is 5.38 Å². The number of aromatic nitrogens is 2. The summed E-state index contributed by atoms with van der Waals surface area (Å²) in [5.41, 5.74) is 12.1. The summed E-state index contributed by atoms with van der Waals surface area (Å²) in [7, 11) is 0. The number of fused-ring (bicyclic) bond motifs is 1. The van der Waals surface area contributed by atoms with Gasteiger partial charge < -0.3 is 5.73 Å². The maximum absolute atomic E-state index is 9.37. The second-order valence-electron chi connectivity index (χ2n) is 5.44. The van der Waals surface area contributed by atoms with E-state index in [-0.39, 0.29) is 5.41 Å². The number of nitriles is 1. The Bertz CT molecular complexity index is 680. The molecular weight excluding hydrogens is 256 g/mol. The van der Waals surface area contributed by atoms with Crippen LogP contribution in [0.2, 0.25) is 0 Å². The second kappa shape index (κ2) is 4.04. The van der Waals surface area contributed by atoms with Gasteiger partial charge in [0.15, 0.2) is 0 Å². The smallest absolute Gasteiger partial charge is 0.142 e. The fraction of sp³-hybridized carbons (Fsp3) is 0.357. The molecule has 2 N–H and O–H groups in total. The number of thiazole rings is 1. The van der Waals surface area contributed by atoms with Crippen molar-refractivity contribution in [1.29, 1.82) is 5.26 Å². The van der Waals surface area contributed by atoms with Gasteiger partial charge in [0, 0.05) is 16.4 Å². The number of hydrogen-bond acceptors (Lipinski definition) is 5. The normalized spacial score (nSPS) is 16.1. The first kappa shape index (κ1) is 12.1. The summed E-state index contributed by atoms with van der Waals surface area (Å²) in [5.74, 6) is 0.319. The molecule has 0 saturated heterocycles. The number of nitrogen functional groups attached to an aromatic ring is 1. The summed E-state index contributed by atoms with van der Waals surface area (Å²) in [5, 5.41) is 11.3. The van der Waals surface area contributed by atoms with Crippen LogP contribution in [0.5, 0.6) is 0 Å². The molecule has 2 heterocycles. The summed E-state index contributed by atoms with van der Waals surface area (Å²) in [4.78, 5) is 8.82. The van der Waals surface area contributed by atoms with E-state index in [1.54, 1.807) is 5.51 Å². The molecule has 0 saturated carbocycles.